The molecule has 2 rings (SSSR count). The van der Waals surface area contributed by atoms with Gasteiger partial charge >= 0.3 is 0 Å². The van der Waals surface area contributed by atoms with Gasteiger partial charge in [-0.1, -0.05) is 0 Å². The van der Waals surface area contributed by atoms with E-state index < -0.39 is 0 Å². The van der Waals surface area contributed by atoms with E-state index >= 15 is 0 Å². The van der Waals surface area contributed by atoms with Crippen molar-refractivity contribution in [2.45, 2.75) is 12.8 Å². The number of ether oxygens (including phenoxy) is 2. The second-order valence-corrected chi connectivity index (χ2v) is 4.71. The topological polar surface area (TPSA) is 47.7 Å². The van der Waals surface area contributed by atoms with Gasteiger partial charge in [0.05, 0.1) is 13.2 Å². The van der Waals surface area contributed by atoms with E-state index in [1.54, 1.807) is 0 Å². The molecule has 2 saturated heterocycles. The Kier molecular flexibility index (Phi) is 4.38. The van der Waals surface area contributed by atoms with Crippen molar-refractivity contribution in [2.75, 3.05) is 46.2 Å². The smallest absolute Gasteiger partial charge is 0.146 e. The van der Waals surface area contributed by atoms with E-state index in [1.807, 2.05) is 0 Å². The van der Waals surface area contributed by atoms with Crippen LogP contribution >= 0.6 is 0 Å². The number of piperidine rings is 1. The van der Waals surface area contributed by atoms with E-state index in [0.29, 0.717) is 12.7 Å². The molecule has 88 valence electrons. The van der Waals surface area contributed by atoms with Gasteiger partial charge in [-0.15, -0.1) is 0 Å². The lowest BCUT2D eigenvalue weighted by molar-refractivity contribution is -0.130. The number of nitrogens with zero attached hydrogens (tertiary/aromatic N) is 1. The SMILES string of the molecule is NCC1CCN(CC2COCOC2)CC1. The van der Waals surface area contributed by atoms with Crippen LogP contribution in [0.3, 0.4) is 0 Å². The molecule has 0 aromatic heterocycles. The first-order chi connectivity index (χ1) is 7.38. The summed E-state index contributed by atoms with van der Waals surface area (Å²) in [5.74, 6) is 1.31. The number of nitrogens with two attached hydrogens (primary N) is 1. The van der Waals surface area contributed by atoms with Crippen molar-refractivity contribution >= 4 is 0 Å². The second kappa shape index (κ2) is 5.80. The van der Waals surface area contributed by atoms with Crippen molar-refractivity contribution in [3.05, 3.63) is 0 Å². The molecule has 4 heteroatoms. The Bertz CT molecular complexity index is 175. The van der Waals surface area contributed by atoms with Gasteiger partial charge in [-0.25, -0.2) is 0 Å². The first kappa shape index (κ1) is 11.3. The standard InChI is InChI=1S/C11H22N2O2/c12-5-10-1-3-13(4-2-10)6-11-7-14-9-15-8-11/h10-11H,1-9,12H2. The number of hydrogen-bond acceptors (Lipinski definition) is 4. The lowest BCUT2D eigenvalue weighted by Gasteiger charge is -2.34. The highest BCUT2D eigenvalue weighted by Gasteiger charge is 2.22. The molecule has 4 nitrogen and oxygen atoms in total. The van der Waals surface area contributed by atoms with Crippen molar-refractivity contribution in [2.24, 2.45) is 17.6 Å². The Morgan fingerprint density at radius 2 is 1.73 bits per heavy atom. The van der Waals surface area contributed by atoms with Crippen molar-refractivity contribution < 1.29 is 9.47 Å². The zero-order chi connectivity index (χ0) is 10.5. The highest BCUT2D eigenvalue weighted by atomic mass is 16.7. The highest BCUT2D eigenvalue weighted by Crippen LogP contribution is 2.17. The van der Waals surface area contributed by atoms with Crippen LogP contribution < -0.4 is 5.73 Å². The van der Waals surface area contributed by atoms with E-state index in [-0.39, 0.29) is 0 Å². The fourth-order valence-corrected chi connectivity index (χ4v) is 2.41. The summed E-state index contributed by atoms with van der Waals surface area (Å²) in [4.78, 5) is 2.52. The average Bonchev–Trinajstić information content (AvgIpc) is 2.31. The molecule has 0 unspecified atom stereocenters. The Morgan fingerprint density at radius 3 is 2.33 bits per heavy atom. The second-order valence-electron chi connectivity index (χ2n) is 4.71. The molecule has 2 heterocycles. The maximum absolute atomic E-state index is 5.67. The van der Waals surface area contributed by atoms with Crippen LogP contribution in [0.2, 0.25) is 0 Å². The van der Waals surface area contributed by atoms with Crippen LogP contribution in [-0.4, -0.2) is 51.1 Å². The maximum atomic E-state index is 5.67. The molecule has 0 amide bonds. The van der Waals surface area contributed by atoms with E-state index in [0.717, 1.165) is 32.2 Å². The van der Waals surface area contributed by atoms with Gasteiger partial charge in [0, 0.05) is 12.5 Å². The lowest BCUT2D eigenvalue weighted by Crippen LogP contribution is -2.41. The number of hydrogen-bond donors (Lipinski definition) is 1. The third-order valence-electron chi connectivity index (χ3n) is 3.43. The summed E-state index contributed by atoms with van der Waals surface area (Å²) in [6, 6.07) is 0. The minimum atomic E-state index is 0.478. The largest absolute Gasteiger partial charge is 0.355 e. The minimum absolute atomic E-state index is 0.478. The molecule has 0 atom stereocenters. The molecule has 2 aliphatic heterocycles. The highest BCUT2D eigenvalue weighted by molar-refractivity contribution is 4.75. The average molecular weight is 214 g/mol. The van der Waals surface area contributed by atoms with Crippen molar-refractivity contribution in [3.8, 4) is 0 Å². The molecule has 2 aliphatic rings. The molecule has 2 fully saturated rings. The normalized spacial score (nSPS) is 27.0. The summed E-state index contributed by atoms with van der Waals surface area (Å²) >= 11 is 0. The van der Waals surface area contributed by atoms with Crippen LogP contribution in [0.4, 0.5) is 0 Å². The fourth-order valence-electron chi connectivity index (χ4n) is 2.41. The lowest BCUT2D eigenvalue weighted by atomic mass is 9.96. The third kappa shape index (κ3) is 3.41. The summed E-state index contributed by atoms with van der Waals surface area (Å²) in [6.45, 7) is 6.55. The molecule has 0 bridgehead atoms. The summed E-state index contributed by atoms with van der Waals surface area (Å²) in [7, 11) is 0. The zero-order valence-electron chi connectivity index (χ0n) is 9.36. The molecule has 0 radical (unpaired) electrons. The van der Waals surface area contributed by atoms with Gasteiger partial charge in [0.1, 0.15) is 6.79 Å². The van der Waals surface area contributed by atoms with Crippen LogP contribution in [0.5, 0.6) is 0 Å². The molecule has 0 aliphatic carbocycles. The van der Waals surface area contributed by atoms with Crippen LogP contribution in [0.15, 0.2) is 0 Å². The summed E-state index contributed by atoms with van der Waals surface area (Å²) < 4.78 is 10.6. The molecule has 15 heavy (non-hydrogen) atoms. The minimum Gasteiger partial charge on any atom is -0.355 e. The van der Waals surface area contributed by atoms with Gasteiger partial charge in [0.25, 0.3) is 0 Å². The van der Waals surface area contributed by atoms with Gasteiger partial charge in [0.2, 0.25) is 0 Å². The fraction of sp³-hybridized carbons (Fsp3) is 1.00. The summed E-state index contributed by atoms with van der Waals surface area (Å²) in [6.07, 6.45) is 2.51. The number of likely N-dealkylation sites (tertiary alicyclic amines) is 1. The molecule has 0 aromatic rings. The Morgan fingerprint density at radius 1 is 1.07 bits per heavy atom. The van der Waals surface area contributed by atoms with Gasteiger partial charge in [0.15, 0.2) is 0 Å². The first-order valence-electron chi connectivity index (χ1n) is 5.96. The number of rotatable bonds is 3. The van der Waals surface area contributed by atoms with Crippen LogP contribution in [0.25, 0.3) is 0 Å². The Hall–Kier alpha value is -0.160. The molecule has 2 N–H and O–H groups in total. The van der Waals surface area contributed by atoms with E-state index in [9.17, 15) is 0 Å². The van der Waals surface area contributed by atoms with E-state index in [4.69, 9.17) is 15.2 Å². The molecule has 0 saturated carbocycles. The zero-order valence-corrected chi connectivity index (χ0v) is 9.36. The van der Waals surface area contributed by atoms with Crippen molar-refractivity contribution in [3.63, 3.8) is 0 Å². The van der Waals surface area contributed by atoms with E-state index in [1.165, 1.54) is 25.9 Å². The molecular formula is C11H22N2O2. The predicted octanol–water partition coefficient (Wildman–Crippen LogP) is 0.278. The quantitative estimate of drug-likeness (QED) is 0.733. The van der Waals surface area contributed by atoms with Gasteiger partial charge in [-0.3, -0.25) is 0 Å². The molecule has 0 spiro atoms. The van der Waals surface area contributed by atoms with Gasteiger partial charge in [-0.05, 0) is 38.4 Å². The van der Waals surface area contributed by atoms with Crippen LogP contribution in [0, 0.1) is 11.8 Å². The monoisotopic (exact) mass is 214 g/mol. The summed E-state index contributed by atoms with van der Waals surface area (Å²) in [5.41, 5.74) is 5.67. The van der Waals surface area contributed by atoms with E-state index in [2.05, 4.69) is 4.90 Å². The van der Waals surface area contributed by atoms with Gasteiger partial charge in [-0.2, -0.15) is 0 Å². The Labute approximate surface area is 91.7 Å². The van der Waals surface area contributed by atoms with Crippen LogP contribution in [-0.2, 0) is 9.47 Å². The first-order valence-corrected chi connectivity index (χ1v) is 5.96. The maximum Gasteiger partial charge on any atom is 0.146 e. The molecular weight excluding hydrogens is 192 g/mol. The summed E-state index contributed by atoms with van der Waals surface area (Å²) in [5, 5.41) is 0. The molecule has 0 aromatic carbocycles. The van der Waals surface area contributed by atoms with Crippen LogP contribution in [0.1, 0.15) is 12.8 Å². The predicted molar refractivity (Wildman–Crippen MR) is 58.5 cm³/mol. The Balaban J connectivity index is 1.67. The van der Waals surface area contributed by atoms with Crippen molar-refractivity contribution in [1.29, 1.82) is 0 Å². The van der Waals surface area contributed by atoms with Gasteiger partial charge < -0.3 is 20.1 Å². The third-order valence-corrected chi connectivity index (χ3v) is 3.43. The van der Waals surface area contributed by atoms with Crippen molar-refractivity contribution in [1.82, 2.24) is 4.90 Å².